The standard InChI is InChI=1S/C10H13NS/c1-4-6-9(5-2)10(12-3)7-8-11/h4-7H,1-3H3/b6-4-,9-5+,10-7+. The number of rotatable bonds is 3. The van der Waals surface area contributed by atoms with Crippen LogP contribution in [0.3, 0.4) is 0 Å². The van der Waals surface area contributed by atoms with Gasteiger partial charge in [0.25, 0.3) is 0 Å². The summed E-state index contributed by atoms with van der Waals surface area (Å²) in [7, 11) is 0. The average molecular weight is 179 g/mol. The van der Waals surface area contributed by atoms with Crippen LogP contribution >= 0.6 is 11.8 Å². The van der Waals surface area contributed by atoms with Crippen LogP contribution in [0.4, 0.5) is 0 Å². The summed E-state index contributed by atoms with van der Waals surface area (Å²) in [4.78, 5) is 1.01. The highest BCUT2D eigenvalue weighted by Crippen LogP contribution is 2.21. The molecule has 2 heteroatoms. The summed E-state index contributed by atoms with van der Waals surface area (Å²) in [5.74, 6) is 0. The Morgan fingerprint density at radius 2 is 2.08 bits per heavy atom. The number of hydrogen-bond donors (Lipinski definition) is 0. The van der Waals surface area contributed by atoms with Gasteiger partial charge in [0, 0.05) is 11.0 Å². The van der Waals surface area contributed by atoms with E-state index in [-0.39, 0.29) is 0 Å². The Labute approximate surface area is 78.5 Å². The monoisotopic (exact) mass is 179 g/mol. The summed E-state index contributed by atoms with van der Waals surface area (Å²) in [6, 6.07) is 2.03. The summed E-state index contributed by atoms with van der Waals surface area (Å²) < 4.78 is 0. The zero-order valence-electron chi connectivity index (χ0n) is 7.66. The quantitative estimate of drug-likeness (QED) is 0.490. The first-order chi connectivity index (χ1) is 5.79. The van der Waals surface area contributed by atoms with Gasteiger partial charge in [0.2, 0.25) is 0 Å². The molecule has 0 saturated carbocycles. The summed E-state index contributed by atoms with van der Waals surface area (Å²) in [6.07, 6.45) is 9.51. The van der Waals surface area contributed by atoms with Gasteiger partial charge < -0.3 is 0 Å². The Bertz CT molecular complexity index is 254. The van der Waals surface area contributed by atoms with Crippen molar-refractivity contribution in [2.75, 3.05) is 6.26 Å². The maximum absolute atomic E-state index is 8.49. The Morgan fingerprint density at radius 1 is 1.42 bits per heavy atom. The molecule has 0 aliphatic rings. The molecule has 0 fully saturated rings. The van der Waals surface area contributed by atoms with Gasteiger partial charge in [0.05, 0.1) is 6.07 Å². The van der Waals surface area contributed by atoms with Crippen LogP contribution < -0.4 is 0 Å². The molecule has 0 aliphatic heterocycles. The molecule has 0 radical (unpaired) electrons. The summed E-state index contributed by atoms with van der Waals surface area (Å²) in [5.41, 5.74) is 1.10. The lowest BCUT2D eigenvalue weighted by Crippen LogP contribution is -1.79. The number of allylic oxidation sites excluding steroid dienone is 5. The first kappa shape index (κ1) is 11.1. The van der Waals surface area contributed by atoms with Crippen LogP contribution in [-0.4, -0.2) is 6.26 Å². The maximum Gasteiger partial charge on any atom is 0.0923 e. The van der Waals surface area contributed by atoms with Crippen LogP contribution in [-0.2, 0) is 0 Å². The second-order valence-electron chi connectivity index (χ2n) is 2.09. The highest BCUT2D eigenvalue weighted by atomic mass is 32.2. The Kier molecular flexibility index (Phi) is 6.22. The number of hydrogen-bond acceptors (Lipinski definition) is 2. The fourth-order valence-electron chi connectivity index (χ4n) is 0.819. The molecule has 0 saturated heterocycles. The van der Waals surface area contributed by atoms with Gasteiger partial charge in [-0.1, -0.05) is 18.2 Å². The maximum atomic E-state index is 8.49. The van der Waals surface area contributed by atoms with Crippen molar-refractivity contribution in [1.29, 1.82) is 5.26 Å². The molecule has 0 unspecified atom stereocenters. The lowest BCUT2D eigenvalue weighted by molar-refractivity contribution is 1.51. The van der Waals surface area contributed by atoms with Crippen molar-refractivity contribution in [2.45, 2.75) is 13.8 Å². The van der Waals surface area contributed by atoms with E-state index in [4.69, 9.17) is 5.26 Å². The minimum atomic E-state index is 1.01. The fraction of sp³-hybridized carbons (Fsp3) is 0.300. The van der Waals surface area contributed by atoms with Crippen LogP contribution in [0.5, 0.6) is 0 Å². The zero-order chi connectivity index (χ0) is 9.40. The first-order valence-corrected chi connectivity index (χ1v) is 4.95. The predicted molar refractivity (Wildman–Crippen MR) is 55.8 cm³/mol. The van der Waals surface area contributed by atoms with E-state index in [0.29, 0.717) is 0 Å². The van der Waals surface area contributed by atoms with Crippen molar-refractivity contribution in [3.8, 4) is 6.07 Å². The Morgan fingerprint density at radius 3 is 2.42 bits per heavy atom. The van der Waals surface area contributed by atoms with Crippen molar-refractivity contribution in [1.82, 2.24) is 0 Å². The van der Waals surface area contributed by atoms with Crippen molar-refractivity contribution < 1.29 is 0 Å². The van der Waals surface area contributed by atoms with E-state index >= 15 is 0 Å². The van der Waals surface area contributed by atoms with E-state index in [0.717, 1.165) is 10.5 Å². The molecule has 0 aromatic heterocycles. The minimum absolute atomic E-state index is 1.01. The predicted octanol–water partition coefficient (Wildman–Crippen LogP) is 3.28. The molecular weight excluding hydrogens is 166 g/mol. The van der Waals surface area contributed by atoms with Crippen LogP contribution in [0.2, 0.25) is 0 Å². The molecule has 0 N–H and O–H groups in total. The molecular formula is C10H13NS. The smallest absolute Gasteiger partial charge is 0.0923 e. The molecule has 0 aliphatic carbocycles. The normalized spacial score (nSPS) is 13.5. The van der Waals surface area contributed by atoms with E-state index in [1.54, 1.807) is 17.8 Å². The highest BCUT2D eigenvalue weighted by Gasteiger charge is 1.97. The van der Waals surface area contributed by atoms with Crippen LogP contribution in [0.25, 0.3) is 0 Å². The van der Waals surface area contributed by atoms with Crippen LogP contribution in [0, 0.1) is 11.3 Å². The molecule has 0 heterocycles. The largest absolute Gasteiger partial charge is 0.193 e. The molecule has 12 heavy (non-hydrogen) atoms. The molecule has 0 bridgehead atoms. The molecule has 0 amide bonds. The lowest BCUT2D eigenvalue weighted by Gasteiger charge is -2.01. The van der Waals surface area contributed by atoms with E-state index in [1.807, 2.05) is 44.4 Å². The van der Waals surface area contributed by atoms with E-state index in [2.05, 4.69) is 0 Å². The fourth-order valence-corrected chi connectivity index (χ4v) is 1.41. The Balaban J connectivity index is 4.73. The van der Waals surface area contributed by atoms with Gasteiger partial charge in [-0.2, -0.15) is 5.26 Å². The molecule has 0 aromatic rings. The molecule has 0 aromatic carbocycles. The molecule has 64 valence electrons. The molecule has 0 atom stereocenters. The van der Waals surface area contributed by atoms with Crippen LogP contribution in [0.1, 0.15) is 13.8 Å². The second-order valence-corrected chi connectivity index (χ2v) is 2.93. The first-order valence-electron chi connectivity index (χ1n) is 3.73. The van der Waals surface area contributed by atoms with Crippen molar-refractivity contribution >= 4 is 11.8 Å². The Hall–Kier alpha value is -0.940. The highest BCUT2D eigenvalue weighted by molar-refractivity contribution is 8.02. The molecule has 1 nitrogen and oxygen atoms in total. The molecule has 0 rings (SSSR count). The third-order valence-corrected chi connectivity index (χ3v) is 2.15. The minimum Gasteiger partial charge on any atom is -0.193 e. The van der Waals surface area contributed by atoms with E-state index in [1.165, 1.54) is 0 Å². The SMILES string of the molecule is C\C=C/C(=C\C)C(=C\C#N)/SC. The summed E-state index contributed by atoms with van der Waals surface area (Å²) >= 11 is 1.59. The van der Waals surface area contributed by atoms with Gasteiger partial charge in [0.15, 0.2) is 0 Å². The summed E-state index contributed by atoms with van der Waals surface area (Å²) in [6.45, 7) is 3.94. The third kappa shape index (κ3) is 3.45. The van der Waals surface area contributed by atoms with Crippen molar-refractivity contribution in [3.05, 3.63) is 34.8 Å². The van der Waals surface area contributed by atoms with Gasteiger partial charge in [0.1, 0.15) is 0 Å². The van der Waals surface area contributed by atoms with Gasteiger partial charge in [-0.15, -0.1) is 11.8 Å². The number of thioether (sulfide) groups is 1. The molecule has 0 spiro atoms. The van der Waals surface area contributed by atoms with Crippen molar-refractivity contribution in [3.63, 3.8) is 0 Å². The third-order valence-electron chi connectivity index (χ3n) is 1.36. The topological polar surface area (TPSA) is 23.8 Å². The second kappa shape index (κ2) is 6.75. The van der Waals surface area contributed by atoms with E-state index < -0.39 is 0 Å². The van der Waals surface area contributed by atoms with Gasteiger partial charge in [-0.05, 0) is 25.7 Å². The van der Waals surface area contributed by atoms with E-state index in [9.17, 15) is 0 Å². The lowest BCUT2D eigenvalue weighted by atomic mass is 10.2. The van der Waals surface area contributed by atoms with Gasteiger partial charge in [-0.3, -0.25) is 0 Å². The average Bonchev–Trinajstić information content (AvgIpc) is 2.11. The van der Waals surface area contributed by atoms with Crippen LogP contribution in [0.15, 0.2) is 34.8 Å². The van der Waals surface area contributed by atoms with Gasteiger partial charge >= 0.3 is 0 Å². The van der Waals surface area contributed by atoms with Gasteiger partial charge in [-0.25, -0.2) is 0 Å². The number of nitrogens with zero attached hydrogens (tertiary/aromatic N) is 1. The number of nitriles is 1. The zero-order valence-corrected chi connectivity index (χ0v) is 8.48. The summed E-state index contributed by atoms with van der Waals surface area (Å²) in [5, 5.41) is 8.49. The van der Waals surface area contributed by atoms with Crippen molar-refractivity contribution in [2.24, 2.45) is 0 Å².